The summed E-state index contributed by atoms with van der Waals surface area (Å²) < 4.78 is 9.12. The molecule has 0 bridgehead atoms. The molecule has 0 radical (unpaired) electrons. The van der Waals surface area contributed by atoms with Gasteiger partial charge in [-0.1, -0.05) is 50.0 Å². The largest absolute Gasteiger partial charge is 0.360 e. The van der Waals surface area contributed by atoms with Gasteiger partial charge in [0.05, 0.1) is 5.52 Å². The second kappa shape index (κ2) is 7.37. The molecule has 0 atom stereocenters. The van der Waals surface area contributed by atoms with Crippen molar-refractivity contribution in [2.24, 2.45) is 0 Å². The van der Waals surface area contributed by atoms with Gasteiger partial charge in [-0.15, -0.1) is 0 Å². The van der Waals surface area contributed by atoms with Gasteiger partial charge in [0.1, 0.15) is 12.4 Å². The topological polar surface area (TPSA) is 27.1 Å². The molecule has 3 aromatic rings. The van der Waals surface area contributed by atoms with Gasteiger partial charge in [0.15, 0.2) is 0 Å². The van der Waals surface area contributed by atoms with E-state index in [1.54, 1.807) is 0 Å². The number of benzene rings is 2. The second-order valence-corrected chi connectivity index (χ2v) is 14.1. The van der Waals surface area contributed by atoms with Gasteiger partial charge in [0.2, 0.25) is 0 Å². The Kier molecular flexibility index (Phi) is 5.41. The molecule has 2 aromatic carbocycles. The van der Waals surface area contributed by atoms with Crippen LogP contribution in [0.15, 0.2) is 48.5 Å². The van der Waals surface area contributed by atoms with Gasteiger partial charge >= 0.3 is 0 Å². The first-order valence-electron chi connectivity index (χ1n) is 8.23. The lowest BCUT2D eigenvalue weighted by Crippen LogP contribution is -2.22. The number of rotatable bonds is 6. The zero-order valence-corrected chi connectivity index (χ0v) is 17.6. The van der Waals surface area contributed by atoms with E-state index in [1.807, 2.05) is 10.7 Å². The summed E-state index contributed by atoms with van der Waals surface area (Å²) in [6.07, 6.45) is 0. The van der Waals surface area contributed by atoms with E-state index in [0.717, 1.165) is 23.4 Å². The van der Waals surface area contributed by atoms with Crippen LogP contribution < -0.4 is 0 Å². The Morgan fingerprint density at radius 1 is 1.08 bits per heavy atom. The molecule has 0 fully saturated rings. The normalized spacial score (nSPS) is 12.0. The van der Waals surface area contributed by atoms with Crippen molar-refractivity contribution < 1.29 is 4.74 Å². The summed E-state index contributed by atoms with van der Waals surface area (Å²) in [4.78, 5) is 0. The van der Waals surface area contributed by atoms with Gasteiger partial charge in [-0.2, -0.15) is 5.10 Å². The predicted molar refractivity (Wildman–Crippen MR) is 112 cm³/mol. The number of fused-ring (bicyclic) bond motifs is 1. The van der Waals surface area contributed by atoms with E-state index in [9.17, 15) is 0 Å². The Balaban J connectivity index is 1.89. The van der Waals surface area contributed by atoms with Gasteiger partial charge in [0.25, 0.3) is 0 Å². The lowest BCUT2D eigenvalue weighted by molar-refractivity contribution is 0.0818. The van der Waals surface area contributed by atoms with Crippen LogP contribution in [-0.2, 0) is 11.5 Å². The Morgan fingerprint density at radius 2 is 1.83 bits per heavy atom. The highest BCUT2D eigenvalue weighted by Crippen LogP contribution is 2.29. The van der Waals surface area contributed by atoms with Crippen LogP contribution in [0.1, 0.15) is 0 Å². The maximum Gasteiger partial charge on any atom is 0.140 e. The minimum atomic E-state index is -1.06. The number of hydrogen-bond donors (Lipinski definition) is 0. The fourth-order valence-electron chi connectivity index (χ4n) is 2.59. The third-order valence-corrected chi connectivity index (χ3v) is 6.34. The van der Waals surface area contributed by atoms with Crippen molar-refractivity contribution in [2.75, 3.05) is 6.61 Å². The summed E-state index contributed by atoms with van der Waals surface area (Å²) in [6, 6.07) is 18.0. The van der Waals surface area contributed by atoms with E-state index >= 15 is 0 Å². The lowest BCUT2D eigenvalue weighted by Gasteiger charge is -2.15. The Hall–Kier alpha value is -1.18. The fraction of sp³-hybridized carbons (Fsp3) is 0.316. The molecular weight excluding hydrogens is 427 g/mol. The molecule has 0 saturated carbocycles. The Bertz CT molecular complexity index is 824. The zero-order valence-electron chi connectivity index (χ0n) is 14.4. The summed E-state index contributed by atoms with van der Waals surface area (Å²) in [6.45, 7) is 8.43. The SMILES string of the molecule is C[Si](C)(C)CCOCn1nc(-c2ccccc2)c2cc(I)ccc21. The molecule has 1 heterocycles. The number of nitrogens with zero attached hydrogens (tertiary/aromatic N) is 2. The molecule has 3 nitrogen and oxygen atoms in total. The van der Waals surface area contributed by atoms with E-state index in [4.69, 9.17) is 9.84 Å². The molecule has 126 valence electrons. The van der Waals surface area contributed by atoms with Gasteiger partial charge in [0, 0.05) is 29.2 Å². The zero-order chi connectivity index (χ0) is 17.2. The number of ether oxygens (including phenoxy) is 1. The molecule has 3 rings (SSSR count). The smallest absolute Gasteiger partial charge is 0.140 e. The number of halogens is 1. The van der Waals surface area contributed by atoms with Crippen LogP contribution in [0, 0.1) is 3.57 Å². The van der Waals surface area contributed by atoms with Crippen LogP contribution >= 0.6 is 22.6 Å². The van der Waals surface area contributed by atoms with Gasteiger partial charge in [-0.3, -0.25) is 0 Å². The molecule has 0 unspecified atom stereocenters. The minimum Gasteiger partial charge on any atom is -0.360 e. The molecular formula is C19H23IN2OSi. The average molecular weight is 450 g/mol. The average Bonchev–Trinajstić information content (AvgIpc) is 2.89. The van der Waals surface area contributed by atoms with Crippen molar-refractivity contribution in [1.29, 1.82) is 0 Å². The molecule has 0 saturated heterocycles. The van der Waals surface area contributed by atoms with Crippen molar-refractivity contribution in [2.45, 2.75) is 32.4 Å². The highest BCUT2D eigenvalue weighted by molar-refractivity contribution is 14.1. The van der Waals surface area contributed by atoms with E-state index in [0.29, 0.717) is 6.73 Å². The first-order valence-corrected chi connectivity index (χ1v) is 13.0. The molecule has 0 amide bonds. The summed E-state index contributed by atoms with van der Waals surface area (Å²) in [5, 5.41) is 6.02. The van der Waals surface area contributed by atoms with Crippen LogP contribution in [0.4, 0.5) is 0 Å². The van der Waals surface area contributed by atoms with Crippen molar-refractivity contribution in [1.82, 2.24) is 9.78 Å². The Labute approximate surface area is 158 Å². The van der Waals surface area contributed by atoms with E-state index in [2.05, 4.69) is 84.7 Å². The second-order valence-electron chi connectivity index (χ2n) is 7.22. The summed E-state index contributed by atoms with van der Waals surface area (Å²) in [5.41, 5.74) is 3.30. The maximum atomic E-state index is 5.92. The van der Waals surface area contributed by atoms with Crippen LogP contribution in [0.2, 0.25) is 25.7 Å². The molecule has 0 aliphatic rings. The highest BCUT2D eigenvalue weighted by Gasteiger charge is 2.14. The summed E-state index contributed by atoms with van der Waals surface area (Å²) in [5.74, 6) is 0. The number of hydrogen-bond acceptors (Lipinski definition) is 2. The van der Waals surface area contributed by atoms with Gasteiger partial charge in [-0.05, 0) is 46.8 Å². The molecule has 0 aliphatic heterocycles. The molecule has 5 heteroatoms. The molecule has 0 N–H and O–H groups in total. The highest BCUT2D eigenvalue weighted by atomic mass is 127. The van der Waals surface area contributed by atoms with E-state index in [-0.39, 0.29) is 0 Å². The van der Waals surface area contributed by atoms with Crippen LogP contribution in [-0.4, -0.2) is 24.5 Å². The van der Waals surface area contributed by atoms with Crippen LogP contribution in [0.3, 0.4) is 0 Å². The van der Waals surface area contributed by atoms with Crippen molar-refractivity contribution >= 4 is 41.6 Å². The van der Waals surface area contributed by atoms with Gasteiger partial charge < -0.3 is 4.74 Å². The van der Waals surface area contributed by atoms with Gasteiger partial charge in [-0.25, -0.2) is 4.68 Å². The third kappa shape index (κ3) is 4.26. The maximum absolute atomic E-state index is 5.92. The minimum absolute atomic E-state index is 0.508. The predicted octanol–water partition coefficient (Wildman–Crippen LogP) is 5.62. The monoisotopic (exact) mass is 450 g/mol. The van der Waals surface area contributed by atoms with Crippen LogP contribution in [0.5, 0.6) is 0 Å². The molecule has 1 aromatic heterocycles. The first kappa shape index (κ1) is 17.6. The summed E-state index contributed by atoms with van der Waals surface area (Å²) in [7, 11) is -1.06. The molecule has 0 aliphatic carbocycles. The molecule has 0 spiro atoms. The van der Waals surface area contributed by atoms with Crippen molar-refractivity contribution in [3.05, 3.63) is 52.1 Å². The van der Waals surface area contributed by atoms with Crippen molar-refractivity contribution in [3.8, 4) is 11.3 Å². The quantitative estimate of drug-likeness (QED) is 0.277. The lowest BCUT2D eigenvalue weighted by atomic mass is 10.1. The fourth-order valence-corrected chi connectivity index (χ4v) is 3.84. The van der Waals surface area contributed by atoms with E-state index in [1.165, 1.54) is 15.0 Å². The standard InChI is InChI=1S/C19H23IN2OSi/c1-24(2,3)12-11-23-14-22-18-10-9-16(20)13-17(18)19(21-22)15-7-5-4-6-8-15/h4-10,13H,11-12,14H2,1-3H3. The van der Waals surface area contributed by atoms with Crippen molar-refractivity contribution in [3.63, 3.8) is 0 Å². The van der Waals surface area contributed by atoms with Crippen LogP contribution in [0.25, 0.3) is 22.2 Å². The molecule has 24 heavy (non-hydrogen) atoms. The van der Waals surface area contributed by atoms with E-state index < -0.39 is 8.07 Å². The first-order chi connectivity index (χ1) is 11.4. The third-order valence-electron chi connectivity index (χ3n) is 3.97. The number of aromatic nitrogens is 2. The Morgan fingerprint density at radius 3 is 2.54 bits per heavy atom. The summed E-state index contributed by atoms with van der Waals surface area (Å²) >= 11 is 2.35.